The van der Waals surface area contributed by atoms with E-state index in [2.05, 4.69) is 0 Å². The van der Waals surface area contributed by atoms with E-state index in [4.69, 9.17) is 19.3 Å². The molecule has 0 saturated carbocycles. The van der Waals surface area contributed by atoms with Crippen LogP contribution in [0.4, 0.5) is 0 Å². The van der Waals surface area contributed by atoms with Gasteiger partial charge in [-0.2, -0.15) is 0 Å². The van der Waals surface area contributed by atoms with Crippen molar-refractivity contribution >= 4 is 0 Å². The maximum absolute atomic E-state index is 9.49. The second kappa shape index (κ2) is 8.14. The molecule has 2 N–H and O–H groups in total. The van der Waals surface area contributed by atoms with E-state index in [1.807, 2.05) is 0 Å². The lowest BCUT2D eigenvalue weighted by molar-refractivity contribution is -0.218. The first kappa shape index (κ1) is 13.8. The molecule has 0 rings (SSSR count). The van der Waals surface area contributed by atoms with Crippen LogP contribution in [0.5, 0.6) is 0 Å². The van der Waals surface area contributed by atoms with Crippen molar-refractivity contribution in [3.05, 3.63) is 0 Å². The summed E-state index contributed by atoms with van der Waals surface area (Å²) in [6.07, 6.45) is 0. The predicted octanol–water partition coefficient (Wildman–Crippen LogP) is -0.243. The fraction of sp³-hybridized carbons (Fsp3) is 1.00. The number of rotatable bonds is 9. The molecule has 0 amide bonds. The topological polar surface area (TPSA) is 68.2 Å². The maximum Gasteiger partial charge on any atom is 0.186 e. The zero-order valence-electron chi connectivity index (χ0n) is 8.86. The van der Waals surface area contributed by atoms with Gasteiger partial charge in [-0.15, -0.1) is 0 Å². The first-order valence-electron chi connectivity index (χ1n) is 4.75. The minimum absolute atomic E-state index is 0.0106. The van der Waals surface area contributed by atoms with Crippen LogP contribution < -0.4 is 0 Å². The molecule has 14 heavy (non-hydrogen) atoms. The summed E-state index contributed by atoms with van der Waals surface area (Å²) in [6.45, 7) is 5.01. The Kier molecular flexibility index (Phi) is 8.02. The highest BCUT2D eigenvalue weighted by atomic mass is 16.6. The molecule has 0 radical (unpaired) electrons. The van der Waals surface area contributed by atoms with Crippen LogP contribution in [0, 0.1) is 0 Å². The zero-order valence-corrected chi connectivity index (χ0v) is 8.86. The van der Waals surface area contributed by atoms with Crippen molar-refractivity contribution in [2.24, 2.45) is 0 Å². The summed E-state index contributed by atoms with van der Waals surface area (Å²) in [4.78, 5) is 0. The van der Waals surface area contributed by atoms with Gasteiger partial charge in [-0.1, -0.05) is 0 Å². The molecule has 0 aromatic heterocycles. The van der Waals surface area contributed by atoms with Gasteiger partial charge >= 0.3 is 0 Å². The molecule has 0 heterocycles. The lowest BCUT2D eigenvalue weighted by atomic mass is 10.3. The van der Waals surface area contributed by atoms with E-state index < -0.39 is 5.79 Å². The Morgan fingerprint density at radius 2 is 1.79 bits per heavy atom. The van der Waals surface area contributed by atoms with E-state index in [0.717, 1.165) is 0 Å². The molecule has 1 atom stereocenters. The lowest BCUT2D eigenvalue weighted by Crippen LogP contribution is -2.34. The van der Waals surface area contributed by atoms with Crippen molar-refractivity contribution in [1.29, 1.82) is 0 Å². The minimum atomic E-state index is -1.23. The molecule has 0 saturated heterocycles. The van der Waals surface area contributed by atoms with Crippen molar-refractivity contribution in [3.63, 3.8) is 0 Å². The van der Waals surface area contributed by atoms with Crippen LogP contribution in [-0.2, 0) is 14.2 Å². The smallest absolute Gasteiger partial charge is 0.186 e. The maximum atomic E-state index is 9.49. The number of hydrogen-bond donors (Lipinski definition) is 2. The highest BCUT2D eigenvalue weighted by molar-refractivity contribution is 4.56. The van der Waals surface area contributed by atoms with Gasteiger partial charge in [0.15, 0.2) is 5.79 Å². The van der Waals surface area contributed by atoms with Crippen LogP contribution in [0.3, 0.4) is 0 Å². The first-order valence-corrected chi connectivity index (χ1v) is 4.75. The van der Waals surface area contributed by atoms with Gasteiger partial charge in [0.2, 0.25) is 0 Å². The second-order valence-electron chi connectivity index (χ2n) is 3.00. The Morgan fingerprint density at radius 1 is 1.14 bits per heavy atom. The molecular formula is C9H20O5. The molecule has 0 aliphatic rings. The Bertz CT molecular complexity index is 126. The Morgan fingerprint density at radius 3 is 2.36 bits per heavy atom. The molecule has 0 fully saturated rings. The monoisotopic (exact) mass is 208 g/mol. The summed E-state index contributed by atoms with van der Waals surface area (Å²) >= 11 is 0. The van der Waals surface area contributed by atoms with Gasteiger partial charge in [-0.3, -0.25) is 0 Å². The average Bonchev–Trinajstić information content (AvgIpc) is 2.11. The minimum Gasteiger partial charge on any atom is -0.394 e. The molecule has 0 aromatic rings. The molecule has 0 aromatic carbocycles. The molecule has 86 valence electrons. The molecule has 0 aliphatic carbocycles. The summed E-state index contributed by atoms with van der Waals surface area (Å²) in [6, 6.07) is 0. The predicted molar refractivity (Wildman–Crippen MR) is 51.0 cm³/mol. The molecule has 1 unspecified atom stereocenters. The summed E-state index contributed by atoms with van der Waals surface area (Å²) < 4.78 is 15.1. The highest BCUT2D eigenvalue weighted by Crippen LogP contribution is 2.05. The lowest BCUT2D eigenvalue weighted by Gasteiger charge is -2.22. The van der Waals surface area contributed by atoms with E-state index in [9.17, 15) is 5.11 Å². The standard InChI is InChI=1S/C9H20O5/c1-3-14-9(2,11)8-13-7-6-12-5-4-10/h10-11H,3-8H2,1-2H3. The molecule has 5 heteroatoms. The third kappa shape index (κ3) is 8.40. The molecular weight excluding hydrogens is 188 g/mol. The first-order chi connectivity index (χ1) is 6.62. The van der Waals surface area contributed by atoms with Crippen LogP contribution in [0.2, 0.25) is 0 Å². The van der Waals surface area contributed by atoms with Gasteiger partial charge in [0.1, 0.15) is 6.61 Å². The van der Waals surface area contributed by atoms with Gasteiger partial charge in [0.25, 0.3) is 0 Å². The number of ether oxygens (including phenoxy) is 3. The van der Waals surface area contributed by atoms with Gasteiger partial charge < -0.3 is 24.4 Å². The van der Waals surface area contributed by atoms with Crippen LogP contribution in [0.15, 0.2) is 0 Å². The third-order valence-electron chi connectivity index (χ3n) is 1.43. The number of aliphatic hydroxyl groups is 2. The van der Waals surface area contributed by atoms with Gasteiger partial charge in [0.05, 0.1) is 26.4 Å². The zero-order chi connectivity index (χ0) is 10.9. The van der Waals surface area contributed by atoms with Crippen molar-refractivity contribution in [1.82, 2.24) is 0 Å². The Balaban J connectivity index is 3.26. The van der Waals surface area contributed by atoms with Crippen molar-refractivity contribution < 1.29 is 24.4 Å². The largest absolute Gasteiger partial charge is 0.394 e. The van der Waals surface area contributed by atoms with Crippen molar-refractivity contribution in [3.8, 4) is 0 Å². The molecule has 0 aliphatic heterocycles. The molecule has 5 nitrogen and oxygen atoms in total. The van der Waals surface area contributed by atoms with E-state index in [1.165, 1.54) is 0 Å². The second-order valence-corrected chi connectivity index (χ2v) is 3.00. The molecule has 0 bridgehead atoms. The van der Waals surface area contributed by atoms with E-state index in [-0.39, 0.29) is 13.2 Å². The fourth-order valence-electron chi connectivity index (χ4n) is 0.899. The number of aliphatic hydroxyl groups excluding tert-OH is 1. The summed E-state index contributed by atoms with van der Waals surface area (Å²) in [5.41, 5.74) is 0. The normalized spacial score (nSPS) is 15.4. The summed E-state index contributed by atoms with van der Waals surface area (Å²) in [5.74, 6) is -1.23. The van der Waals surface area contributed by atoms with Gasteiger partial charge in [-0.25, -0.2) is 0 Å². The third-order valence-corrected chi connectivity index (χ3v) is 1.43. The SMILES string of the molecule is CCOC(C)(O)COCCOCCO. The average molecular weight is 208 g/mol. The molecule has 0 spiro atoms. The van der Waals surface area contributed by atoms with Crippen LogP contribution in [0.25, 0.3) is 0 Å². The Labute approximate surface area is 84.6 Å². The fourth-order valence-corrected chi connectivity index (χ4v) is 0.899. The van der Waals surface area contributed by atoms with Crippen LogP contribution >= 0.6 is 0 Å². The van der Waals surface area contributed by atoms with Crippen molar-refractivity contribution in [2.45, 2.75) is 19.6 Å². The summed E-state index contributed by atoms with van der Waals surface area (Å²) in [5, 5.41) is 17.9. The van der Waals surface area contributed by atoms with Gasteiger partial charge in [-0.05, 0) is 13.8 Å². The van der Waals surface area contributed by atoms with Crippen LogP contribution in [-0.4, -0.2) is 55.6 Å². The van der Waals surface area contributed by atoms with Crippen LogP contribution in [0.1, 0.15) is 13.8 Å². The van der Waals surface area contributed by atoms with E-state index >= 15 is 0 Å². The number of hydrogen-bond acceptors (Lipinski definition) is 5. The van der Waals surface area contributed by atoms with Crippen molar-refractivity contribution in [2.75, 3.05) is 39.6 Å². The highest BCUT2D eigenvalue weighted by Gasteiger charge is 2.19. The Hall–Kier alpha value is -0.200. The quantitative estimate of drug-likeness (QED) is 0.404. The van der Waals surface area contributed by atoms with E-state index in [1.54, 1.807) is 13.8 Å². The summed E-state index contributed by atoms with van der Waals surface area (Å²) in [7, 11) is 0. The van der Waals surface area contributed by atoms with Gasteiger partial charge in [0, 0.05) is 6.61 Å². The van der Waals surface area contributed by atoms with E-state index in [0.29, 0.717) is 26.4 Å².